The molecule has 5 nitrogen and oxygen atoms in total. The predicted octanol–water partition coefficient (Wildman–Crippen LogP) is 1.79. The Bertz CT molecular complexity index is 774. The molecule has 0 radical (unpaired) electrons. The van der Waals surface area contributed by atoms with Gasteiger partial charge in [0.1, 0.15) is 11.5 Å². The Kier molecular flexibility index (Phi) is 2.16. The van der Waals surface area contributed by atoms with E-state index in [1.54, 1.807) is 22.7 Å². The Balaban J connectivity index is 2.54. The monoisotopic (exact) mass is 248 g/mol. The largest absolute Gasteiger partial charge is 0.309 e. The molecule has 3 heterocycles. The van der Waals surface area contributed by atoms with Gasteiger partial charge in [-0.2, -0.15) is 0 Å². The molecule has 0 aliphatic heterocycles. The molecule has 0 aromatic carbocycles. The SMILES string of the molecule is CCc1nc2c(nc3ccc(Cl)cn32)c(=O)[nH]1. The van der Waals surface area contributed by atoms with E-state index in [0.29, 0.717) is 34.1 Å². The maximum atomic E-state index is 11.8. The van der Waals surface area contributed by atoms with Gasteiger partial charge in [-0.25, -0.2) is 9.97 Å². The van der Waals surface area contributed by atoms with Crippen LogP contribution >= 0.6 is 11.6 Å². The summed E-state index contributed by atoms with van der Waals surface area (Å²) in [5, 5.41) is 0.580. The second-order valence-electron chi connectivity index (χ2n) is 3.73. The van der Waals surface area contributed by atoms with Crippen molar-refractivity contribution in [3.8, 4) is 0 Å². The van der Waals surface area contributed by atoms with Crippen molar-refractivity contribution in [1.29, 1.82) is 0 Å². The number of aromatic amines is 1. The van der Waals surface area contributed by atoms with Gasteiger partial charge in [0.25, 0.3) is 5.56 Å². The Labute approximate surface area is 101 Å². The maximum Gasteiger partial charge on any atom is 0.279 e. The molecule has 6 heteroatoms. The first-order valence-corrected chi connectivity index (χ1v) is 5.63. The number of hydrogen-bond acceptors (Lipinski definition) is 3. The molecular formula is C11H9ClN4O. The fraction of sp³-hybridized carbons (Fsp3) is 0.182. The van der Waals surface area contributed by atoms with Gasteiger partial charge in [-0.05, 0) is 12.1 Å². The highest BCUT2D eigenvalue weighted by atomic mass is 35.5. The van der Waals surface area contributed by atoms with E-state index in [1.807, 2.05) is 6.92 Å². The molecule has 0 unspecified atom stereocenters. The maximum absolute atomic E-state index is 11.8. The first kappa shape index (κ1) is 10.3. The van der Waals surface area contributed by atoms with E-state index < -0.39 is 0 Å². The minimum Gasteiger partial charge on any atom is -0.309 e. The molecule has 0 aliphatic carbocycles. The number of hydrogen-bond donors (Lipinski definition) is 1. The number of nitrogens with zero attached hydrogens (tertiary/aromatic N) is 3. The van der Waals surface area contributed by atoms with Crippen LogP contribution in [-0.4, -0.2) is 19.4 Å². The molecule has 0 fully saturated rings. The lowest BCUT2D eigenvalue weighted by Crippen LogP contribution is -2.11. The van der Waals surface area contributed by atoms with Crippen LogP contribution in [0.1, 0.15) is 12.7 Å². The Hall–Kier alpha value is -1.88. The smallest absolute Gasteiger partial charge is 0.279 e. The van der Waals surface area contributed by atoms with Crippen molar-refractivity contribution >= 4 is 28.4 Å². The number of pyridine rings is 1. The van der Waals surface area contributed by atoms with Gasteiger partial charge >= 0.3 is 0 Å². The van der Waals surface area contributed by atoms with E-state index in [1.165, 1.54) is 0 Å². The fourth-order valence-corrected chi connectivity index (χ4v) is 1.94. The zero-order chi connectivity index (χ0) is 12.0. The number of imidazole rings is 1. The fourth-order valence-electron chi connectivity index (χ4n) is 1.78. The van der Waals surface area contributed by atoms with E-state index in [4.69, 9.17) is 11.6 Å². The summed E-state index contributed by atoms with van der Waals surface area (Å²) in [6.45, 7) is 1.93. The van der Waals surface area contributed by atoms with Gasteiger partial charge in [0.05, 0.1) is 5.02 Å². The normalized spacial score (nSPS) is 11.4. The van der Waals surface area contributed by atoms with Gasteiger partial charge in [-0.3, -0.25) is 9.20 Å². The van der Waals surface area contributed by atoms with Gasteiger partial charge in [0.2, 0.25) is 0 Å². The van der Waals surface area contributed by atoms with E-state index in [9.17, 15) is 4.79 Å². The van der Waals surface area contributed by atoms with Crippen LogP contribution in [0.25, 0.3) is 16.8 Å². The number of aryl methyl sites for hydroxylation is 1. The Morgan fingerprint density at radius 1 is 1.41 bits per heavy atom. The van der Waals surface area contributed by atoms with Crippen molar-refractivity contribution in [2.45, 2.75) is 13.3 Å². The van der Waals surface area contributed by atoms with Crippen LogP contribution in [0.4, 0.5) is 0 Å². The van der Waals surface area contributed by atoms with Crippen LogP contribution in [-0.2, 0) is 6.42 Å². The summed E-state index contributed by atoms with van der Waals surface area (Å²) in [5.41, 5.74) is 1.33. The molecule has 0 saturated carbocycles. The van der Waals surface area contributed by atoms with Crippen molar-refractivity contribution in [1.82, 2.24) is 19.4 Å². The lowest BCUT2D eigenvalue weighted by molar-refractivity contribution is 0.934. The van der Waals surface area contributed by atoms with Crippen LogP contribution < -0.4 is 5.56 Å². The second kappa shape index (κ2) is 3.56. The third kappa shape index (κ3) is 1.51. The topological polar surface area (TPSA) is 63.1 Å². The molecule has 0 saturated heterocycles. The summed E-state index contributed by atoms with van der Waals surface area (Å²) in [5.74, 6) is 0.643. The van der Waals surface area contributed by atoms with Crippen molar-refractivity contribution in [2.75, 3.05) is 0 Å². The lowest BCUT2D eigenvalue weighted by Gasteiger charge is -1.97. The highest BCUT2D eigenvalue weighted by molar-refractivity contribution is 6.30. The number of nitrogens with one attached hydrogen (secondary N) is 1. The molecule has 0 bridgehead atoms. The van der Waals surface area contributed by atoms with E-state index in [0.717, 1.165) is 0 Å². The molecule has 17 heavy (non-hydrogen) atoms. The van der Waals surface area contributed by atoms with Gasteiger partial charge in [0, 0.05) is 12.6 Å². The van der Waals surface area contributed by atoms with Crippen LogP contribution in [0.15, 0.2) is 23.1 Å². The number of rotatable bonds is 1. The summed E-state index contributed by atoms with van der Waals surface area (Å²) in [6.07, 6.45) is 2.37. The van der Waals surface area contributed by atoms with Crippen LogP contribution in [0, 0.1) is 0 Å². The van der Waals surface area contributed by atoms with Gasteiger partial charge < -0.3 is 4.98 Å². The van der Waals surface area contributed by atoms with Crippen LogP contribution in [0.2, 0.25) is 5.02 Å². The molecule has 1 N–H and O–H groups in total. The van der Waals surface area contributed by atoms with Crippen molar-refractivity contribution < 1.29 is 0 Å². The third-order valence-electron chi connectivity index (χ3n) is 2.61. The molecular weight excluding hydrogens is 240 g/mol. The first-order valence-electron chi connectivity index (χ1n) is 5.25. The average Bonchev–Trinajstić information content (AvgIpc) is 2.68. The lowest BCUT2D eigenvalue weighted by atomic mass is 10.4. The minimum absolute atomic E-state index is 0.216. The number of halogens is 1. The van der Waals surface area contributed by atoms with Gasteiger partial charge in [-0.1, -0.05) is 18.5 Å². The highest BCUT2D eigenvalue weighted by Crippen LogP contribution is 2.15. The number of fused-ring (bicyclic) bond motifs is 3. The summed E-state index contributed by atoms with van der Waals surface area (Å²) >= 11 is 5.93. The molecule has 0 amide bonds. The standard InChI is InChI=1S/C11H9ClN4O/c1-2-7-13-10-9(11(17)14-7)15-8-4-3-6(12)5-16(8)10/h3-5H,2H2,1H3,(H,13,14,17). The Morgan fingerprint density at radius 3 is 3.00 bits per heavy atom. The highest BCUT2D eigenvalue weighted by Gasteiger charge is 2.10. The summed E-state index contributed by atoms with van der Waals surface area (Å²) in [6, 6.07) is 3.49. The zero-order valence-corrected chi connectivity index (χ0v) is 9.82. The molecule has 3 rings (SSSR count). The predicted molar refractivity (Wildman–Crippen MR) is 65.5 cm³/mol. The average molecular weight is 249 g/mol. The van der Waals surface area contributed by atoms with Crippen molar-refractivity contribution in [2.24, 2.45) is 0 Å². The van der Waals surface area contributed by atoms with Gasteiger partial charge in [-0.15, -0.1) is 0 Å². The van der Waals surface area contributed by atoms with Crippen LogP contribution in [0.3, 0.4) is 0 Å². The zero-order valence-electron chi connectivity index (χ0n) is 9.07. The third-order valence-corrected chi connectivity index (χ3v) is 2.83. The summed E-state index contributed by atoms with van der Waals surface area (Å²) in [7, 11) is 0. The quantitative estimate of drug-likeness (QED) is 0.714. The molecule has 3 aromatic heterocycles. The van der Waals surface area contributed by atoms with Crippen molar-refractivity contribution in [3.05, 3.63) is 39.5 Å². The molecule has 0 spiro atoms. The Morgan fingerprint density at radius 2 is 2.24 bits per heavy atom. The van der Waals surface area contributed by atoms with Crippen molar-refractivity contribution in [3.63, 3.8) is 0 Å². The molecule has 0 atom stereocenters. The number of aromatic nitrogens is 4. The molecule has 3 aromatic rings. The second-order valence-corrected chi connectivity index (χ2v) is 4.16. The minimum atomic E-state index is -0.216. The van der Waals surface area contributed by atoms with Gasteiger partial charge in [0.15, 0.2) is 11.2 Å². The summed E-state index contributed by atoms with van der Waals surface area (Å²) < 4.78 is 1.73. The van der Waals surface area contributed by atoms with E-state index in [-0.39, 0.29) is 5.56 Å². The van der Waals surface area contributed by atoms with E-state index in [2.05, 4.69) is 15.0 Å². The molecule has 0 aliphatic rings. The first-order chi connectivity index (χ1) is 8.19. The molecule has 86 valence electrons. The summed E-state index contributed by atoms with van der Waals surface area (Å²) in [4.78, 5) is 23.1. The van der Waals surface area contributed by atoms with E-state index >= 15 is 0 Å². The van der Waals surface area contributed by atoms with Crippen LogP contribution in [0.5, 0.6) is 0 Å². The number of H-pyrrole nitrogens is 1.